The lowest BCUT2D eigenvalue weighted by atomic mass is 9.80. The van der Waals surface area contributed by atoms with Crippen LogP contribution in [0.25, 0.3) is 0 Å². The monoisotopic (exact) mass is 349 g/mol. The Kier molecular flexibility index (Phi) is 4.59. The van der Waals surface area contributed by atoms with Gasteiger partial charge in [-0.2, -0.15) is 5.10 Å². The fourth-order valence-corrected chi connectivity index (χ4v) is 3.08. The molecule has 1 aliphatic rings. The van der Waals surface area contributed by atoms with Crippen LogP contribution in [0.4, 0.5) is 0 Å². The summed E-state index contributed by atoms with van der Waals surface area (Å²) in [5, 5.41) is 7.19. The highest BCUT2D eigenvalue weighted by Gasteiger charge is 2.30. The van der Waals surface area contributed by atoms with Gasteiger partial charge in [0, 0.05) is 24.3 Å². The van der Waals surface area contributed by atoms with Crippen LogP contribution >= 0.6 is 0 Å². The fourth-order valence-electron chi connectivity index (χ4n) is 3.08. The number of hydrogen-bond donors (Lipinski definition) is 1. The number of aromatic nitrogens is 4. The molecule has 1 amide bonds. The van der Waals surface area contributed by atoms with E-state index in [9.17, 15) is 4.79 Å². The Morgan fingerprint density at radius 1 is 1.15 bits per heavy atom. The molecule has 26 heavy (non-hydrogen) atoms. The molecule has 1 aliphatic carbocycles. The van der Waals surface area contributed by atoms with Crippen LogP contribution in [0.1, 0.15) is 23.2 Å². The molecule has 0 unspecified atom stereocenters. The number of benzene rings is 1. The van der Waals surface area contributed by atoms with Gasteiger partial charge in [0.25, 0.3) is 5.91 Å². The minimum atomic E-state index is -0.0536. The molecule has 0 aliphatic heterocycles. The van der Waals surface area contributed by atoms with Crippen LogP contribution in [0, 0.1) is 5.92 Å². The molecule has 1 saturated carbocycles. The van der Waals surface area contributed by atoms with E-state index in [1.54, 1.807) is 49.3 Å². The van der Waals surface area contributed by atoms with Gasteiger partial charge in [-0.15, -0.1) is 0 Å². The third-order valence-electron chi connectivity index (χ3n) is 4.47. The average Bonchev–Trinajstić information content (AvgIpc) is 3.14. The molecule has 0 radical (unpaired) electrons. The van der Waals surface area contributed by atoms with Crippen LogP contribution in [-0.2, 0) is 6.54 Å². The third kappa shape index (κ3) is 3.88. The highest BCUT2D eigenvalue weighted by Crippen LogP contribution is 2.29. The van der Waals surface area contributed by atoms with Gasteiger partial charge in [-0.05, 0) is 55.2 Å². The molecule has 7 nitrogen and oxygen atoms in total. The fraction of sp³-hybridized carbons (Fsp3) is 0.263. The summed E-state index contributed by atoms with van der Waals surface area (Å²) in [7, 11) is 0. The molecule has 4 rings (SSSR count). The first-order chi connectivity index (χ1) is 12.8. The Labute approximate surface area is 151 Å². The summed E-state index contributed by atoms with van der Waals surface area (Å²) < 4.78 is 7.52. The zero-order chi connectivity index (χ0) is 17.8. The largest absolute Gasteiger partial charge is 0.456 e. The van der Waals surface area contributed by atoms with E-state index in [0.29, 0.717) is 23.0 Å². The van der Waals surface area contributed by atoms with Crippen molar-refractivity contribution in [3.05, 3.63) is 67.0 Å². The summed E-state index contributed by atoms with van der Waals surface area (Å²) in [5.74, 6) is 1.82. The van der Waals surface area contributed by atoms with Gasteiger partial charge < -0.3 is 10.1 Å². The maximum Gasteiger partial charge on any atom is 0.251 e. The second-order valence-electron chi connectivity index (χ2n) is 6.44. The summed E-state index contributed by atoms with van der Waals surface area (Å²) in [4.78, 5) is 20.3. The van der Waals surface area contributed by atoms with E-state index in [1.165, 1.54) is 0 Å². The summed E-state index contributed by atoms with van der Waals surface area (Å²) >= 11 is 0. The lowest BCUT2D eigenvalue weighted by molar-refractivity contribution is 0.0879. The Bertz CT molecular complexity index is 843. The predicted octanol–water partition coefficient (Wildman–Crippen LogP) is 2.67. The van der Waals surface area contributed by atoms with Crippen molar-refractivity contribution in [1.29, 1.82) is 0 Å². The van der Waals surface area contributed by atoms with E-state index in [2.05, 4.69) is 20.4 Å². The SMILES string of the molecule is O=C(NC1CC(Cn2cncn2)C1)c1ccc(Oc2cccnc2)cc1. The summed E-state index contributed by atoms with van der Waals surface area (Å²) in [6.45, 7) is 0.854. The molecule has 132 valence electrons. The molecule has 3 aromatic rings. The van der Waals surface area contributed by atoms with Crippen molar-refractivity contribution in [2.24, 2.45) is 5.92 Å². The van der Waals surface area contributed by atoms with Crippen molar-refractivity contribution >= 4 is 5.91 Å². The lowest BCUT2D eigenvalue weighted by Crippen LogP contribution is -2.45. The second kappa shape index (κ2) is 7.35. The molecule has 7 heteroatoms. The summed E-state index contributed by atoms with van der Waals surface area (Å²) in [5.41, 5.74) is 0.628. The van der Waals surface area contributed by atoms with Crippen LogP contribution in [0.3, 0.4) is 0 Å². The Hall–Kier alpha value is -3.22. The molecule has 0 saturated heterocycles. The van der Waals surface area contributed by atoms with Gasteiger partial charge >= 0.3 is 0 Å². The molecule has 0 atom stereocenters. The second-order valence-corrected chi connectivity index (χ2v) is 6.44. The summed E-state index contributed by atoms with van der Waals surface area (Å²) in [6, 6.07) is 11.0. The van der Waals surface area contributed by atoms with Gasteiger partial charge in [-0.25, -0.2) is 4.98 Å². The van der Waals surface area contributed by atoms with Crippen molar-refractivity contribution < 1.29 is 9.53 Å². The Morgan fingerprint density at radius 2 is 2.00 bits per heavy atom. The Balaban J connectivity index is 1.26. The number of nitrogens with zero attached hydrogens (tertiary/aromatic N) is 4. The number of amides is 1. The quantitative estimate of drug-likeness (QED) is 0.740. The van der Waals surface area contributed by atoms with Crippen molar-refractivity contribution in [3.63, 3.8) is 0 Å². The maximum absolute atomic E-state index is 12.4. The smallest absolute Gasteiger partial charge is 0.251 e. The van der Waals surface area contributed by atoms with Crippen LogP contribution in [-0.4, -0.2) is 31.7 Å². The standard InChI is InChI=1S/C19H19N5O2/c25-19(23-16-8-14(9-16)11-24-13-21-12-22-24)15-3-5-17(6-4-15)26-18-2-1-7-20-10-18/h1-7,10,12-14,16H,8-9,11H2,(H,23,25). The first-order valence-corrected chi connectivity index (χ1v) is 8.57. The van der Waals surface area contributed by atoms with Crippen molar-refractivity contribution in [2.75, 3.05) is 0 Å². The highest BCUT2D eigenvalue weighted by atomic mass is 16.5. The van der Waals surface area contributed by atoms with Crippen LogP contribution in [0.15, 0.2) is 61.4 Å². The molecule has 1 aromatic carbocycles. The first-order valence-electron chi connectivity index (χ1n) is 8.57. The van der Waals surface area contributed by atoms with Crippen molar-refractivity contribution in [2.45, 2.75) is 25.4 Å². The van der Waals surface area contributed by atoms with E-state index in [0.717, 1.165) is 19.4 Å². The molecule has 0 spiro atoms. The van der Waals surface area contributed by atoms with Gasteiger partial charge in [0.15, 0.2) is 0 Å². The average molecular weight is 349 g/mol. The van der Waals surface area contributed by atoms with E-state index in [-0.39, 0.29) is 11.9 Å². The molecule has 2 heterocycles. The number of hydrogen-bond acceptors (Lipinski definition) is 5. The van der Waals surface area contributed by atoms with E-state index in [4.69, 9.17) is 4.74 Å². The predicted molar refractivity (Wildman–Crippen MR) is 94.8 cm³/mol. The molecular formula is C19H19N5O2. The van der Waals surface area contributed by atoms with E-state index >= 15 is 0 Å². The van der Waals surface area contributed by atoms with Crippen LogP contribution in [0.2, 0.25) is 0 Å². The lowest BCUT2D eigenvalue weighted by Gasteiger charge is -2.35. The molecule has 1 N–H and O–H groups in total. The number of pyridine rings is 1. The normalized spacial score (nSPS) is 18.8. The van der Waals surface area contributed by atoms with Gasteiger partial charge in [0.2, 0.25) is 0 Å². The minimum absolute atomic E-state index is 0.0536. The van der Waals surface area contributed by atoms with Gasteiger partial charge in [-0.3, -0.25) is 14.5 Å². The summed E-state index contributed by atoms with van der Waals surface area (Å²) in [6.07, 6.45) is 8.53. The number of nitrogens with one attached hydrogen (secondary N) is 1. The first kappa shape index (κ1) is 16.3. The van der Waals surface area contributed by atoms with Gasteiger partial charge in [0.05, 0.1) is 6.20 Å². The van der Waals surface area contributed by atoms with Crippen LogP contribution < -0.4 is 10.1 Å². The minimum Gasteiger partial charge on any atom is -0.456 e. The van der Waals surface area contributed by atoms with Crippen LogP contribution in [0.5, 0.6) is 11.5 Å². The van der Waals surface area contributed by atoms with E-state index in [1.807, 2.05) is 16.8 Å². The van der Waals surface area contributed by atoms with Gasteiger partial charge in [0.1, 0.15) is 24.2 Å². The zero-order valence-corrected chi connectivity index (χ0v) is 14.2. The van der Waals surface area contributed by atoms with Crippen molar-refractivity contribution in [3.8, 4) is 11.5 Å². The molecular weight excluding hydrogens is 330 g/mol. The number of rotatable bonds is 6. The third-order valence-corrected chi connectivity index (χ3v) is 4.47. The topological polar surface area (TPSA) is 81.9 Å². The molecule has 2 aromatic heterocycles. The van der Waals surface area contributed by atoms with Gasteiger partial charge in [-0.1, -0.05) is 0 Å². The molecule has 0 bridgehead atoms. The number of ether oxygens (including phenoxy) is 1. The van der Waals surface area contributed by atoms with Crippen molar-refractivity contribution in [1.82, 2.24) is 25.1 Å². The molecule has 1 fully saturated rings. The zero-order valence-electron chi connectivity index (χ0n) is 14.2. The number of carbonyl (C=O) groups excluding carboxylic acids is 1. The maximum atomic E-state index is 12.4. The Morgan fingerprint density at radius 3 is 2.69 bits per heavy atom. The van der Waals surface area contributed by atoms with E-state index < -0.39 is 0 Å². The highest BCUT2D eigenvalue weighted by molar-refractivity contribution is 5.94. The number of carbonyl (C=O) groups is 1.